The number of aryl methyl sites for hydroxylation is 1. The number of rotatable bonds is 8. The van der Waals surface area contributed by atoms with Gasteiger partial charge in [0.15, 0.2) is 0 Å². The third-order valence-electron chi connectivity index (χ3n) is 4.51. The summed E-state index contributed by atoms with van der Waals surface area (Å²) in [5.41, 5.74) is 1.14. The Morgan fingerprint density at radius 1 is 1.00 bits per heavy atom. The topological polar surface area (TPSA) is 75.7 Å². The maximum absolute atomic E-state index is 12.8. The monoisotopic (exact) mass is 412 g/mol. The van der Waals surface area contributed by atoms with E-state index < -0.39 is 10.0 Å². The van der Waals surface area contributed by atoms with E-state index in [1.54, 1.807) is 18.2 Å². The molecular formula is C22H24N2O4S. The van der Waals surface area contributed by atoms with Gasteiger partial charge in [0.25, 0.3) is 0 Å². The Balaban J connectivity index is 1.52. The fraction of sp³-hybridized carbons (Fsp3) is 0.227. The normalized spacial score (nSPS) is 11.6. The van der Waals surface area contributed by atoms with Crippen molar-refractivity contribution in [2.45, 2.75) is 11.8 Å². The molecular weight excluding hydrogens is 388 g/mol. The third-order valence-corrected chi connectivity index (χ3v) is 6.31. The van der Waals surface area contributed by atoms with Crippen molar-refractivity contribution in [3.63, 3.8) is 0 Å². The van der Waals surface area contributed by atoms with Crippen molar-refractivity contribution in [2.75, 3.05) is 26.7 Å². The first-order chi connectivity index (χ1) is 13.9. The average molecular weight is 413 g/mol. The number of carbonyl (C=O) groups is 1. The quantitative estimate of drug-likeness (QED) is 0.577. The summed E-state index contributed by atoms with van der Waals surface area (Å²) in [6, 6.07) is 20.1. The molecule has 1 amide bonds. The Labute approximate surface area is 171 Å². The van der Waals surface area contributed by atoms with E-state index in [-0.39, 0.29) is 23.9 Å². The van der Waals surface area contributed by atoms with Crippen LogP contribution >= 0.6 is 0 Å². The van der Waals surface area contributed by atoms with E-state index in [1.165, 1.54) is 7.05 Å². The van der Waals surface area contributed by atoms with Gasteiger partial charge in [0.1, 0.15) is 12.4 Å². The summed E-state index contributed by atoms with van der Waals surface area (Å²) in [5, 5.41) is 4.47. The van der Waals surface area contributed by atoms with Crippen LogP contribution < -0.4 is 10.1 Å². The van der Waals surface area contributed by atoms with Crippen LogP contribution in [0.4, 0.5) is 0 Å². The Bertz CT molecular complexity index is 1100. The first-order valence-electron chi connectivity index (χ1n) is 9.27. The molecule has 0 unspecified atom stereocenters. The van der Waals surface area contributed by atoms with E-state index in [0.717, 1.165) is 26.4 Å². The van der Waals surface area contributed by atoms with Gasteiger partial charge in [-0.3, -0.25) is 4.79 Å². The number of amides is 1. The van der Waals surface area contributed by atoms with E-state index in [4.69, 9.17) is 4.74 Å². The predicted octanol–water partition coefficient (Wildman–Crippen LogP) is 2.96. The number of hydrogen-bond acceptors (Lipinski definition) is 4. The van der Waals surface area contributed by atoms with E-state index in [1.807, 2.05) is 55.5 Å². The molecule has 0 fully saturated rings. The van der Waals surface area contributed by atoms with E-state index in [2.05, 4.69) is 5.32 Å². The van der Waals surface area contributed by atoms with E-state index in [0.29, 0.717) is 6.61 Å². The maximum Gasteiger partial charge on any atom is 0.243 e. The van der Waals surface area contributed by atoms with Crippen molar-refractivity contribution in [3.05, 3.63) is 72.3 Å². The van der Waals surface area contributed by atoms with Crippen LogP contribution in [0.2, 0.25) is 0 Å². The lowest BCUT2D eigenvalue weighted by atomic mass is 10.1. The second kappa shape index (κ2) is 9.07. The second-order valence-electron chi connectivity index (χ2n) is 6.78. The van der Waals surface area contributed by atoms with E-state index in [9.17, 15) is 13.2 Å². The number of fused-ring (bicyclic) bond motifs is 1. The molecule has 0 saturated heterocycles. The molecule has 3 aromatic rings. The minimum atomic E-state index is -3.76. The largest absolute Gasteiger partial charge is 0.492 e. The first-order valence-corrected chi connectivity index (χ1v) is 10.7. The van der Waals surface area contributed by atoms with Crippen LogP contribution in [0.3, 0.4) is 0 Å². The SMILES string of the molecule is Cc1ccc(OCCNC(=O)CN(C)S(=O)(=O)c2ccc3ccccc3c2)cc1. The summed E-state index contributed by atoms with van der Waals surface area (Å²) < 4.78 is 32.1. The molecule has 0 aliphatic heterocycles. The van der Waals surface area contributed by atoms with Gasteiger partial charge in [-0.15, -0.1) is 0 Å². The van der Waals surface area contributed by atoms with Crippen LogP contribution in [0, 0.1) is 6.92 Å². The summed E-state index contributed by atoms with van der Waals surface area (Å²) in [4.78, 5) is 12.3. The van der Waals surface area contributed by atoms with Crippen molar-refractivity contribution in [3.8, 4) is 5.75 Å². The molecule has 1 N–H and O–H groups in total. The molecule has 7 heteroatoms. The van der Waals surface area contributed by atoms with Gasteiger partial charge in [0.2, 0.25) is 15.9 Å². The van der Waals surface area contributed by atoms with Crippen molar-refractivity contribution in [2.24, 2.45) is 0 Å². The molecule has 0 radical (unpaired) electrons. The predicted molar refractivity (Wildman–Crippen MR) is 113 cm³/mol. The number of hydrogen-bond donors (Lipinski definition) is 1. The second-order valence-corrected chi connectivity index (χ2v) is 8.83. The van der Waals surface area contributed by atoms with Gasteiger partial charge in [-0.05, 0) is 42.0 Å². The molecule has 0 spiro atoms. The number of nitrogens with one attached hydrogen (secondary N) is 1. The fourth-order valence-electron chi connectivity index (χ4n) is 2.84. The summed E-state index contributed by atoms with van der Waals surface area (Å²) in [6.07, 6.45) is 0. The van der Waals surface area contributed by atoms with Crippen molar-refractivity contribution < 1.29 is 17.9 Å². The molecule has 0 heterocycles. The Morgan fingerprint density at radius 2 is 1.69 bits per heavy atom. The first kappa shape index (κ1) is 20.8. The molecule has 0 atom stereocenters. The minimum absolute atomic E-state index is 0.161. The van der Waals surface area contributed by atoms with Crippen LogP contribution in [-0.2, 0) is 14.8 Å². The average Bonchev–Trinajstić information content (AvgIpc) is 2.72. The lowest BCUT2D eigenvalue weighted by Gasteiger charge is -2.17. The van der Waals surface area contributed by atoms with Gasteiger partial charge < -0.3 is 10.1 Å². The number of likely N-dealkylation sites (N-methyl/N-ethyl adjacent to an activating group) is 1. The highest BCUT2D eigenvalue weighted by Gasteiger charge is 2.23. The Kier molecular flexibility index (Phi) is 6.51. The lowest BCUT2D eigenvalue weighted by Crippen LogP contribution is -2.39. The van der Waals surface area contributed by atoms with Gasteiger partial charge in [-0.25, -0.2) is 8.42 Å². The van der Waals surface area contributed by atoms with Crippen LogP contribution in [0.5, 0.6) is 5.75 Å². The lowest BCUT2D eigenvalue weighted by molar-refractivity contribution is -0.121. The molecule has 0 aliphatic carbocycles. The Morgan fingerprint density at radius 3 is 2.41 bits per heavy atom. The number of carbonyl (C=O) groups excluding carboxylic acids is 1. The smallest absolute Gasteiger partial charge is 0.243 e. The number of benzene rings is 3. The zero-order valence-electron chi connectivity index (χ0n) is 16.5. The van der Waals surface area contributed by atoms with Gasteiger partial charge >= 0.3 is 0 Å². The molecule has 0 saturated carbocycles. The van der Waals surface area contributed by atoms with Gasteiger partial charge in [0, 0.05) is 7.05 Å². The molecule has 29 heavy (non-hydrogen) atoms. The van der Waals surface area contributed by atoms with Crippen molar-refractivity contribution in [1.82, 2.24) is 9.62 Å². The number of ether oxygens (including phenoxy) is 1. The molecule has 6 nitrogen and oxygen atoms in total. The molecule has 0 bridgehead atoms. The van der Waals surface area contributed by atoms with Crippen LogP contribution in [0.1, 0.15) is 5.56 Å². The molecule has 0 aromatic heterocycles. The number of sulfonamides is 1. The summed E-state index contributed by atoms with van der Waals surface area (Å²) in [6.45, 7) is 2.32. The van der Waals surface area contributed by atoms with Gasteiger partial charge in [-0.1, -0.05) is 48.0 Å². The maximum atomic E-state index is 12.8. The Hall–Kier alpha value is -2.90. The van der Waals surface area contributed by atoms with Crippen LogP contribution in [0.15, 0.2) is 71.6 Å². The summed E-state index contributed by atoms with van der Waals surface area (Å²) in [5.74, 6) is 0.338. The molecule has 152 valence electrons. The van der Waals surface area contributed by atoms with Crippen molar-refractivity contribution >= 4 is 26.7 Å². The fourth-order valence-corrected chi connectivity index (χ4v) is 4.01. The molecule has 3 rings (SSSR count). The summed E-state index contributed by atoms with van der Waals surface area (Å²) >= 11 is 0. The highest BCUT2D eigenvalue weighted by atomic mass is 32.2. The minimum Gasteiger partial charge on any atom is -0.492 e. The summed E-state index contributed by atoms with van der Waals surface area (Å²) in [7, 11) is -2.37. The molecule has 0 aliphatic rings. The standard InChI is InChI=1S/C22H24N2O4S/c1-17-7-10-20(11-8-17)28-14-13-23-22(25)16-24(2)29(26,27)21-12-9-18-5-3-4-6-19(18)15-21/h3-12,15H,13-14,16H2,1-2H3,(H,23,25). The zero-order valence-corrected chi connectivity index (χ0v) is 17.3. The highest BCUT2D eigenvalue weighted by Crippen LogP contribution is 2.21. The number of nitrogens with zero attached hydrogens (tertiary/aromatic N) is 1. The third kappa shape index (κ3) is 5.34. The van der Waals surface area contributed by atoms with Crippen LogP contribution in [-0.4, -0.2) is 45.4 Å². The highest BCUT2D eigenvalue weighted by molar-refractivity contribution is 7.89. The van der Waals surface area contributed by atoms with Gasteiger partial charge in [0.05, 0.1) is 18.0 Å². The van der Waals surface area contributed by atoms with Gasteiger partial charge in [-0.2, -0.15) is 4.31 Å². The molecule has 3 aromatic carbocycles. The van der Waals surface area contributed by atoms with E-state index >= 15 is 0 Å². The zero-order chi connectivity index (χ0) is 20.9. The van der Waals surface area contributed by atoms with Crippen molar-refractivity contribution in [1.29, 1.82) is 0 Å². The van der Waals surface area contributed by atoms with Crippen LogP contribution in [0.25, 0.3) is 10.8 Å².